The number of sulfonamides is 1. The maximum Gasteiger partial charge on any atom is 0.253 e. The summed E-state index contributed by atoms with van der Waals surface area (Å²) in [5, 5.41) is 2.61. The third kappa shape index (κ3) is 4.24. The Morgan fingerprint density at radius 3 is 2.77 bits per heavy atom. The zero-order valence-electron chi connectivity index (χ0n) is 15.0. The number of hydrogen-bond donors (Lipinski definition) is 1. The first kappa shape index (κ1) is 18.8. The number of nitrogens with one attached hydrogen (secondary N) is 1. The van der Waals surface area contributed by atoms with Crippen LogP contribution >= 0.6 is 0 Å². The van der Waals surface area contributed by atoms with Crippen molar-refractivity contribution in [2.45, 2.75) is 31.1 Å². The van der Waals surface area contributed by atoms with Crippen molar-refractivity contribution in [3.05, 3.63) is 29.8 Å². The summed E-state index contributed by atoms with van der Waals surface area (Å²) >= 11 is 0. The quantitative estimate of drug-likeness (QED) is 0.768. The Kier molecular flexibility index (Phi) is 5.62. The first-order valence-corrected chi connectivity index (χ1v) is 10.5. The molecule has 1 saturated carbocycles. The molecular formula is C18H25N3O4S. The normalized spacial score (nSPS) is 18.4. The van der Waals surface area contributed by atoms with E-state index in [2.05, 4.69) is 5.32 Å². The summed E-state index contributed by atoms with van der Waals surface area (Å²) in [5.41, 5.74) is 0.377. The second-order valence-corrected chi connectivity index (χ2v) is 8.85. The Labute approximate surface area is 154 Å². The summed E-state index contributed by atoms with van der Waals surface area (Å²) in [6.45, 7) is 3.76. The Hall–Kier alpha value is -1.93. The molecule has 1 heterocycles. The highest BCUT2D eigenvalue weighted by Crippen LogP contribution is 2.30. The van der Waals surface area contributed by atoms with E-state index in [1.807, 2.05) is 11.8 Å². The Morgan fingerprint density at radius 1 is 1.35 bits per heavy atom. The molecule has 142 valence electrons. The Bertz CT molecular complexity index is 789. The molecule has 26 heavy (non-hydrogen) atoms. The molecule has 1 aromatic rings. The number of carbonyl (C=O) groups is 2. The van der Waals surface area contributed by atoms with Crippen LogP contribution in [-0.2, 0) is 14.8 Å². The molecule has 0 unspecified atom stereocenters. The summed E-state index contributed by atoms with van der Waals surface area (Å²) in [4.78, 5) is 26.3. The molecular weight excluding hydrogens is 354 g/mol. The van der Waals surface area contributed by atoms with Gasteiger partial charge in [-0.15, -0.1) is 0 Å². The van der Waals surface area contributed by atoms with Crippen molar-refractivity contribution in [2.24, 2.45) is 5.92 Å². The van der Waals surface area contributed by atoms with Gasteiger partial charge in [0.15, 0.2) is 0 Å². The van der Waals surface area contributed by atoms with E-state index in [1.54, 1.807) is 12.1 Å². The maximum absolute atomic E-state index is 12.9. The Balaban J connectivity index is 1.82. The van der Waals surface area contributed by atoms with Crippen molar-refractivity contribution in [1.82, 2.24) is 14.5 Å². The van der Waals surface area contributed by atoms with E-state index in [4.69, 9.17) is 0 Å². The van der Waals surface area contributed by atoms with Gasteiger partial charge in [0.2, 0.25) is 15.9 Å². The lowest BCUT2D eigenvalue weighted by molar-refractivity contribution is -0.122. The van der Waals surface area contributed by atoms with Crippen molar-refractivity contribution in [3.8, 4) is 0 Å². The zero-order valence-corrected chi connectivity index (χ0v) is 15.8. The lowest BCUT2D eigenvalue weighted by atomic mass is 10.2. The molecule has 2 amide bonds. The molecule has 1 aromatic carbocycles. The molecule has 1 aliphatic heterocycles. The van der Waals surface area contributed by atoms with Crippen molar-refractivity contribution < 1.29 is 18.0 Å². The molecule has 1 N–H and O–H groups in total. The highest BCUT2D eigenvalue weighted by molar-refractivity contribution is 7.89. The monoisotopic (exact) mass is 379 g/mol. The second-order valence-electron chi connectivity index (χ2n) is 6.91. The van der Waals surface area contributed by atoms with E-state index in [0.717, 1.165) is 30.1 Å². The topological polar surface area (TPSA) is 86.8 Å². The van der Waals surface area contributed by atoms with Crippen LogP contribution in [0.15, 0.2) is 29.2 Å². The number of benzene rings is 1. The molecule has 1 saturated heterocycles. The zero-order chi connectivity index (χ0) is 18.7. The molecule has 1 aliphatic carbocycles. The van der Waals surface area contributed by atoms with Crippen molar-refractivity contribution in [2.75, 3.05) is 32.7 Å². The van der Waals surface area contributed by atoms with Crippen molar-refractivity contribution in [1.29, 1.82) is 0 Å². The summed E-state index contributed by atoms with van der Waals surface area (Å²) in [6, 6.07) is 6.15. The molecule has 0 atom stereocenters. The number of amides is 2. The van der Waals surface area contributed by atoms with Gasteiger partial charge >= 0.3 is 0 Å². The molecule has 0 radical (unpaired) electrons. The molecule has 8 heteroatoms. The second kappa shape index (κ2) is 7.75. The van der Waals surface area contributed by atoms with Gasteiger partial charge in [0.25, 0.3) is 5.91 Å². The highest BCUT2D eigenvalue weighted by atomic mass is 32.2. The van der Waals surface area contributed by atoms with Gasteiger partial charge in [-0.2, -0.15) is 4.31 Å². The number of piperazine rings is 1. The molecule has 2 aliphatic rings. The van der Waals surface area contributed by atoms with Crippen LogP contribution in [0.4, 0.5) is 0 Å². The average molecular weight is 379 g/mol. The predicted molar refractivity (Wildman–Crippen MR) is 97.1 cm³/mol. The van der Waals surface area contributed by atoms with E-state index in [9.17, 15) is 18.0 Å². The Morgan fingerprint density at radius 2 is 2.12 bits per heavy atom. The smallest absolute Gasteiger partial charge is 0.253 e. The van der Waals surface area contributed by atoms with Crippen LogP contribution in [0.2, 0.25) is 0 Å². The minimum absolute atomic E-state index is 0.0564. The van der Waals surface area contributed by atoms with Crippen molar-refractivity contribution >= 4 is 21.8 Å². The van der Waals surface area contributed by atoms with E-state index in [0.29, 0.717) is 24.6 Å². The molecule has 0 bridgehead atoms. The predicted octanol–water partition coefficient (Wildman–Crippen LogP) is 1.07. The van der Waals surface area contributed by atoms with E-state index < -0.39 is 10.0 Å². The van der Waals surface area contributed by atoms with Gasteiger partial charge in [-0.25, -0.2) is 8.42 Å². The van der Waals surface area contributed by atoms with Gasteiger partial charge in [0.1, 0.15) is 0 Å². The largest absolute Gasteiger partial charge is 0.354 e. The standard InChI is InChI=1S/C18H25N3O4S/c1-2-9-20(12-14-6-7-14)18(23)15-4-3-5-16(11-15)26(24,25)21-10-8-19-17(22)13-21/h3-5,11,14H,2,6-10,12-13H2,1H3,(H,19,22). The SMILES string of the molecule is CCCN(CC1CC1)C(=O)c1cccc(S(=O)(=O)N2CCNC(=O)C2)c1. The van der Waals surface area contributed by atoms with Crippen LogP contribution in [0.3, 0.4) is 0 Å². The molecule has 2 fully saturated rings. The first-order chi connectivity index (χ1) is 12.4. The lowest BCUT2D eigenvalue weighted by Gasteiger charge is -2.26. The number of rotatable bonds is 7. The summed E-state index contributed by atoms with van der Waals surface area (Å²) < 4.78 is 26.8. The van der Waals surface area contributed by atoms with Crippen LogP contribution in [0, 0.1) is 5.92 Å². The van der Waals surface area contributed by atoms with Crippen LogP contribution in [-0.4, -0.2) is 62.2 Å². The van der Waals surface area contributed by atoms with Crippen LogP contribution in [0.1, 0.15) is 36.5 Å². The molecule has 0 aromatic heterocycles. The minimum Gasteiger partial charge on any atom is -0.354 e. The molecule has 0 spiro atoms. The third-order valence-corrected chi connectivity index (χ3v) is 6.52. The van der Waals surface area contributed by atoms with Gasteiger partial charge in [-0.05, 0) is 43.4 Å². The van der Waals surface area contributed by atoms with Gasteiger partial charge in [-0.1, -0.05) is 13.0 Å². The van der Waals surface area contributed by atoms with E-state index in [1.165, 1.54) is 12.1 Å². The van der Waals surface area contributed by atoms with Gasteiger partial charge in [0.05, 0.1) is 11.4 Å². The fourth-order valence-electron chi connectivity index (χ4n) is 3.10. The van der Waals surface area contributed by atoms with E-state index >= 15 is 0 Å². The minimum atomic E-state index is -3.80. The summed E-state index contributed by atoms with van der Waals surface area (Å²) in [6.07, 6.45) is 3.16. The van der Waals surface area contributed by atoms with E-state index in [-0.39, 0.29) is 29.8 Å². The van der Waals surface area contributed by atoms with Crippen LogP contribution < -0.4 is 5.32 Å². The van der Waals surface area contributed by atoms with Crippen molar-refractivity contribution in [3.63, 3.8) is 0 Å². The van der Waals surface area contributed by atoms with Gasteiger partial charge in [0, 0.05) is 31.7 Å². The van der Waals surface area contributed by atoms with Crippen LogP contribution in [0.5, 0.6) is 0 Å². The first-order valence-electron chi connectivity index (χ1n) is 9.08. The third-order valence-electron chi connectivity index (χ3n) is 4.68. The van der Waals surface area contributed by atoms with Gasteiger partial charge in [-0.3, -0.25) is 9.59 Å². The number of carbonyl (C=O) groups excluding carboxylic acids is 2. The summed E-state index contributed by atoms with van der Waals surface area (Å²) in [5.74, 6) is 0.127. The molecule has 7 nitrogen and oxygen atoms in total. The number of nitrogens with zero attached hydrogens (tertiary/aromatic N) is 2. The fourth-order valence-corrected chi connectivity index (χ4v) is 4.54. The highest BCUT2D eigenvalue weighted by Gasteiger charge is 2.31. The summed E-state index contributed by atoms with van der Waals surface area (Å²) in [7, 11) is -3.80. The van der Waals surface area contributed by atoms with Gasteiger partial charge < -0.3 is 10.2 Å². The molecule has 3 rings (SSSR count). The average Bonchev–Trinajstić information content (AvgIpc) is 3.45. The van der Waals surface area contributed by atoms with Crippen LogP contribution in [0.25, 0.3) is 0 Å². The fraction of sp³-hybridized carbons (Fsp3) is 0.556. The maximum atomic E-state index is 12.9. The number of hydrogen-bond acceptors (Lipinski definition) is 4. The lowest BCUT2D eigenvalue weighted by Crippen LogP contribution is -2.49.